The monoisotopic (exact) mass is 477 g/mol. The maximum absolute atomic E-state index is 12.1. The summed E-state index contributed by atoms with van der Waals surface area (Å²) in [4.78, 5) is 28.7. The maximum atomic E-state index is 12.1. The number of nitrogens with zero attached hydrogens (tertiary/aromatic N) is 1. The predicted octanol–water partition coefficient (Wildman–Crippen LogP) is 4.51. The quantitative estimate of drug-likeness (QED) is 0.315. The van der Waals surface area contributed by atoms with Gasteiger partial charge in [0.25, 0.3) is 5.91 Å². The molecule has 0 saturated carbocycles. The van der Waals surface area contributed by atoms with E-state index in [0.717, 1.165) is 16.8 Å². The first-order valence-corrected chi connectivity index (χ1v) is 11.6. The van der Waals surface area contributed by atoms with Crippen LogP contribution in [0.1, 0.15) is 34.8 Å². The van der Waals surface area contributed by atoms with E-state index < -0.39 is 0 Å². The molecule has 0 aromatic heterocycles. The van der Waals surface area contributed by atoms with E-state index in [-0.39, 0.29) is 11.8 Å². The van der Waals surface area contributed by atoms with Crippen LogP contribution in [0.4, 0.5) is 0 Å². The molecule has 3 aromatic rings. The summed E-state index contributed by atoms with van der Waals surface area (Å²) in [5.74, 6) is 0.496. The molecular weight excluding hydrogens is 450 g/mol. The summed E-state index contributed by atoms with van der Waals surface area (Å²) in [5, 5.41) is 6.27. The molecule has 6 nitrogen and oxygen atoms in total. The van der Waals surface area contributed by atoms with Gasteiger partial charge in [0.1, 0.15) is 12.4 Å². The SMILES string of the molecule is CCNC(=O)CCN=C(c1ccc(Cl)cc1)c1cccc(OCCNC(=O)c2ccccc2)c1. The Labute approximate surface area is 205 Å². The van der Waals surface area contributed by atoms with Crippen LogP contribution >= 0.6 is 11.6 Å². The lowest BCUT2D eigenvalue weighted by atomic mass is 10.0. The molecule has 7 heteroatoms. The minimum absolute atomic E-state index is 0.0312. The highest BCUT2D eigenvalue weighted by molar-refractivity contribution is 6.30. The molecule has 34 heavy (non-hydrogen) atoms. The molecule has 2 amide bonds. The normalized spacial score (nSPS) is 11.1. The van der Waals surface area contributed by atoms with Gasteiger partial charge in [0.05, 0.1) is 12.3 Å². The molecule has 0 atom stereocenters. The number of amides is 2. The van der Waals surface area contributed by atoms with E-state index in [0.29, 0.717) is 49.0 Å². The highest BCUT2D eigenvalue weighted by atomic mass is 35.5. The topological polar surface area (TPSA) is 79.8 Å². The van der Waals surface area contributed by atoms with Gasteiger partial charge >= 0.3 is 0 Å². The van der Waals surface area contributed by atoms with E-state index >= 15 is 0 Å². The second-order valence-corrected chi connectivity index (χ2v) is 7.88. The first kappa shape index (κ1) is 25.0. The third-order valence-corrected chi connectivity index (χ3v) is 5.15. The minimum atomic E-state index is -0.137. The smallest absolute Gasteiger partial charge is 0.251 e. The van der Waals surface area contributed by atoms with Crippen LogP contribution in [0.3, 0.4) is 0 Å². The van der Waals surface area contributed by atoms with Crippen molar-refractivity contribution in [2.75, 3.05) is 26.2 Å². The Morgan fingerprint density at radius 1 is 0.882 bits per heavy atom. The van der Waals surface area contributed by atoms with Crippen LogP contribution in [0.15, 0.2) is 83.9 Å². The number of rotatable bonds is 11. The minimum Gasteiger partial charge on any atom is -0.492 e. The Bertz CT molecular complexity index is 1120. The highest BCUT2D eigenvalue weighted by Crippen LogP contribution is 2.19. The molecule has 3 rings (SSSR count). The van der Waals surface area contributed by atoms with Crippen LogP contribution in [0.2, 0.25) is 5.02 Å². The van der Waals surface area contributed by atoms with Crippen molar-refractivity contribution in [2.45, 2.75) is 13.3 Å². The number of hydrogen-bond acceptors (Lipinski definition) is 4. The Morgan fingerprint density at radius 3 is 2.35 bits per heavy atom. The first-order valence-electron chi connectivity index (χ1n) is 11.2. The molecule has 0 spiro atoms. The lowest BCUT2D eigenvalue weighted by molar-refractivity contribution is -0.120. The van der Waals surface area contributed by atoms with Crippen molar-refractivity contribution in [3.63, 3.8) is 0 Å². The summed E-state index contributed by atoms with van der Waals surface area (Å²) in [5.41, 5.74) is 3.13. The summed E-state index contributed by atoms with van der Waals surface area (Å²) < 4.78 is 5.86. The van der Waals surface area contributed by atoms with E-state index in [9.17, 15) is 9.59 Å². The Balaban J connectivity index is 1.66. The van der Waals surface area contributed by atoms with Gasteiger partial charge in [-0.25, -0.2) is 0 Å². The number of hydrogen-bond donors (Lipinski definition) is 2. The number of carbonyl (C=O) groups excluding carboxylic acids is 2. The lowest BCUT2D eigenvalue weighted by Gasteiger charge is -2.12. The fourth-order valence-electron chi connectivity index (χ4n) is 3.27. The molecule has 0 saturated heterocycles. The number of aliphatic imine (C=N–C) groups is 1. The van der Waals surface area contributed by atoms with Crippen LogP contribution in [0, 0.1) is 0 Å². The molecule has 3 aromatic carbocycles. The van der Waals surface area contributed by atoms with E-state index in [1.165, 1.54) is 0 Å². The van der Waals surface area contributed by atoms with Crippen molar-refractivity contribution in [3.8, 4) is 5.75 Å². The molecule has 176 valence electrons. The summed E-state index contributed by atoms with van der Waals surface area (Å²) >= 11 is 6.06. The Morgan fingerprint density at radius 2 is 1.62 bits per heavy atom. The van der Waals surface area contributed by atoms with Gasteiger partial charge in [0.15, 0.2) is 0 Å². The molecule has 0 bridgehead atoms. The van der Waals surface area contributed by atoms with Gasteiger partial charge in [-0.05, 0) is 43.3 Å². The fourth-order valence-corrected chi connectivity index (χ4v) is 3.40. The maximum Gasteiger partial charge on any atom is 0.251 e. The van der Waals surface area contributed by atoms with Gasteiger partial charge < -0.3 is 15.4 Å². The van der Waals surface area contributed by atoms with Crippen LogP contribution in [0.5, 0.6) is 5.75 Å². The highest BCUT2D eigenvalue weighted by Gasteiger charge is 2.10. The Kier molecular flexibility index (Phi) is 9.67. The average Bonchev–Trinajstić information content (AvgIpc) is 2.86. The number of nitrogens with one attached hydrogen (secondary N) is 2. The zero-order chi connectivity index (χ0) is 24.2. The van der Waals surface area contributed by atoms with Crippen molar-refractivity contribution in [1.29, 1.82) is 0 Å². The third-order valence-electron chi connectivity index (χ3n) is 4.90. The van der Waals surface area contributed by atoms with Crippen molar-refractivity contribution >= 4 is 29.1 Å². The van der Waals surface area contributed by atoms with Gasteiger partial charge in [-0.1, -0.05) is 54.1 Å². The molecule has 0 fully saturated rings. The van der Waals surface area contributed by atoms with Gasteiger partial charge in [-0.3, -0.25) is 14.6 Å². The van der Waals surface area contributed by atoms with Gasteiger partial charge in [-0.2, -0.15) is 0 Å². The zero-order valence-corrected chi connectivity index (χ0v) is 19.8. The Hall–Kier alpha value is -3.64. The van der Waals surface area contributed by atoms with Crippen LogP contribution in [0.25, 0.3) is 0 Å². The van der Waals surface area contributed by atoms with Crippen LogP contribution < -0.4 is 15.4 Å². The molecule has 0 radical (unpaired) electrons. The summed E-state index contributed by atoms with van der Waals surface area (Å²) in [6.07, 6.45) is 0.308. The zero-order valence-electron chi connectivity index (χ0n) is 19.1. The third kappa shape index (κ3) is 7.74. The van der Waals surface area contributed by atoms with Crippen molar-refractivity contribution in [3.05, 3.63) is 101 Å². The molecule has 0 unspecified atom stereocenters. The van der Waals surface area contributed by atoms with Crippen LogP contribution in [-0.4, -0.2) is 43.8 Å². The summed E-state index contributed by atoms with van der Waals surface area (Å²) in [6, 6.07) is 24.1. The predicted molar refractivity (Wildman–Crippen MR) is 136 cm³/mol. The lowest BCUT2D eigenvalue weighted by Crippen LogP contribution is -2.28. The van der Waals surface area contributed by atoms with E-state index in [1.54, 1.807) is 12.1 Å². The average molecular weight is 478 g/mol. The molecule has 0 aliphatic heterocycles. The van der Waals surface area contributed by atoms with E-state index in [1.807, 2.05) is 73.7 Å². The second kappa shape index (κ2) is 13.2. The standard InChI is InChI=1S/C27H28ClN3O3/c1-2-29-25(32)15-16-30-26(20-11-13-23(28)14-12-20)22-9-6-10-24(19-22)34-18-17-31-27(33)21-7-4-3-5-8-21/h3-14,19H,2,15-18H2,1H3,(H,29,32)(H,31,33). The first-order chi connectivity index (χ1) is 16.6. The molecular formula is C27H28ClN3O3. The van der Waals surface area contributed by atoms with E-state index in [4.69, 9.17) is 21.3 Å². The number of carbonyl (C=O) groups is 2. The number of halogens is 1. The van der Waals surface area contributed by atoms with Crippen LogP contribution in [-0.2, 0) is 4.79 Å². The van der Waals surface area contributed by atoms with Crippen molar-refractivity contribution in [2.24, 2.45) is 4.99 Å². The van der Waals surface area contributed by atoms with Gasteiger partial charge in [0, 0.05) is 41.2 Å². The summed E-state index contributed by atoms with van der Waals surface area (Å²) in [7, 11) is 0. The van der Waals surface area contributed by atoms with Crippen molar-refractivity contribution < 1.29 is 14.3 Å². The molecule has 0 heterocycles. The molecule has 0 aliphatic carbocycles. The molecule has 0 aliphatic rings. The van der Waals surface area contributed by atoms with Crippen molar-refractivity contribution in [1.82, 2.24) is 10.6 Å². The van der Waals surface area contributed by atoms with E-state index in [2.05, 4.69) is 10.6 Å². The molecule has 2 N–H and O–H groups in total. The summed E-state index contributed by atoms with van der Waals surface area (Å²) in [6.45, 7) is 3.55. The van der Waals surface area contributed by atoms with Gasteiger partial charge in [0.2, 0.25) is 5.91 Å². The fraction of sp³-hybridized carbons (Fsp3) is 0.222. The van der Waals surface area contributed by atoms with Gasteiger partial charge in [-0.15, -0.1) is 0 Å². The number of ether oxygens (including phenoxy) is 1. The largest absolute Gasteiger partial charge is 0.492 e. The second-order valence-electron chi connectivity index (χ2n) is 7.44. The number of benzene rings is 3.